The maximum atomic E-state index is 12.5. The van der Waals surface area contributed by atoms with Gasteiger partial charge in [0.1, 0.15) is 0 Å². The van der Waals surface area contributed by atoms with Gasteiger partial charge >= 0.3 is 0 Å². The first-order chi connectivity index (χ1) is 12.6. The Morgan fingerprint density at radius 2 is 1.81 bits per heavy atom. The van der Waals surface area contributed by atoms with Crippen LogP contribution in [0.15, 0.2) is 41.8 Å². The number of amides is 2. The summed E-state index contributed by atoms with van der Waals surface area (Å²) >= 11 is 1.47. The Morgan fingerprint density at radius 1 is 1.12 bits per heavy atom. The highest BCUT2D eigenvalue weighted by atomic mass is 32.1. The molecule has 1 aliphatic heterocycles. The number of carbonyl (C=O) groups is 2. The molecule has 3 rings (SSSR count). The highest BCUT2D eigenvalue weighted by Crippen LogP contribution is 2.16. The minimum atomic E-state index is -0.222. The number of benzene rings is 1. The molecule has 1 aromatic heterocycles. The monoisotopic (exact) mass is 371 g/mol. The van der Waals surface area contributed by atoms with E-state index in [1.165, 1.54) is 16.9 Å². The topological polar surface area (TPSA) is 52.7 Å². The summed E-state index contributed by atoms with van der Waals surface area (Å²) in [6, 6.07) is 11.5. The summed E-state index contributed by atoms with van der Waals surface area (Å²) in [5, 5.41) is 4.91. The molecule has 6 heteroatoms. The molecule has 1 unspecified atom stereocenters. The van der Waals surface area contributed by atoms with Crippen molar-refractivity contribution < 1.29 is 9.59 Å². The molecule has 26 heavy (non-hydrogen) atoms. The van der Waals surface area contributed by atoms with Crippen molar-refractivity contribution in [3.63, 3.8) is 0 Å². The standard InChI is InChI=1S/C20H25N3O2S/c1-3-16-6-8-17(9-7-16)21-19(24)15(2)22-10-12-23(13-11-22)20(25)18-5-4-14-26-18/h4-9,14-15H,3,10-13H2,1-2H3,(H,21,24). The molecule has 1 saturated heterocycles. The second-order valence-corrected chi connectivity index (χ2v) is 7.47. The molecule has 0 spiro atoms. The summed E-state index contributed by atoms with van der Waals surface area (Å²) in [6.45, 7) is 6.76. The van der Waals surface area contributed by atoms with Crippen LogP contribution in [0.3, 0.4) is 0 Å². The molecule has 2 amide bonds. The van der Waals surface area contributed by atoms with Gasteiger partial charge in [-0.1, -0.05) is 25.1 Å². The van der Waals surface area contributed by atoms with Crippen molar-refractivity contribution in [3.8, 4) is 0 Å². The molecule has 2 heterocycles. The van der Waals surface area contributed by atoms with E-state index < -0.39 is 0 Å². The van der Waals surface area contributed by atoms with Gasteiger partial charge in [0, 0.05) is 31.9 Å². The number of aryl methyl sites for hydroxylation is 1. The third kappa shape index (κ3) is 4.31. The Hall–Kier alpha value is -2.18. The van der Waals surface area contributed by atoms with Crippen LogP contribution in [0.25, 0.3) is 0 Å². The van der Waals surface area contributed by atoms with Crippen LogP contribution in [-0.2, 0) is 11.2 Å². The summed E-state index contributed by atoms with van der Waals surface area (Å²) in [6.07, 6.45) is 0.985. The third-order valence-corrected chi connectivity index (χ3v) is 5.75. The van der Waals surface area contributed by atoms with Gasteiger partial charge in [-0.15, -0.1) is 11.3 Å². The lowest BCUT2D eigenvalue weighted by Gasteiger charge is -2.37. The number of anilines is 1. The average molecular weight is 372 g/mol. The van der Waals surface area contributed by atoms with Crippen molar-refractivity contribution in [1.29, 1.82) is 0 Å². The van der Waals surface area contributed by atoms with E-state index in [4.69, 9.17) is 0 Å². The lowest BCUT2D eigenvalue weighted by Crippen LogP contribution is -2.53. The number of rotatable bonds is 5. The first-order valence-electron chi connectivity index (χ1n) is 9.05. The summed E-state index contributed by atoms with van der Waals surface area (Å²) in [4.78, 5) is 29.7. The summed E-state index contributed by atoms with van der Waals surface area (Å²) in [7, 11) is 0. The number of hydrogen-bond donors (Lipinski definition) is 1. The summed E-state index contributed by atoms with van der Waals surface area (Å²) in [5.74, 6) is 0.0834. The minimum Gasteiger partial charge on any atom is -0.335 e. The van der Waals surface area contributed by atoms with Crippen LogP contribution in [0.1, 0.15) is 29.1 Å². The predicted molar refractivity (Wildman–Crippen MR) is 106 cm³/mol. The smallest absolute Gasteiger partial charge is 0.264 e. The minimum absolute atomic E-state index is 0.00715. The number of nitrogens with one attached hydrogen (secondary N) is 1. The van der Waals surface area contributed by atoms with Crippen LogP contribution in [0, 0.1) is 0 Å². The van der Waals surface area contributed by atoms with Gasteiger partial charge in [0.15, 0.2) is 0 Å². The lowest BCUT2D eigenvalue weighted by molar-refractivity contribution is -0.121. The molecule has 1 atom stereocenters. The molecular formula is C20H25N3O2S. The fraction of sp³-hybridized carbons (Fsp3) is 0.400. The van der Waals surface area contributed by atoms with E-state index in [9.17, 15) is 9.59 Å². The number of hydrogen-bond acceptors (Lipinski definition) is 4. The van der Waals surface area contributed by atoms with Crippen LogP contribution in [0.5, 0.6) is 0 Å². The molecule has 2 aromatic rings. The van der Waals surface area contributed by atoms with Crippen LogP contribution < -0.4 is 5.32 Å². The first-order valence-corrected chi connectivity index (χ1v) is 9.93. The van der Waals surface area contributed by atoms with Gasteiger partial charge in [0.2, 0.25) is 5.91 Å². The number of thiophene rings is 1. The van der Waals surface area contributed by atoms with E-state index in [-0.39, 0.29) is 17.9 Å². The average Bonchev–Trinajstić information content (AvgIpc) is 3.22. The first kappa shape index (κ1) is 18.6. The molecule has 0 aliphatic carbocycles. The molecule has 5 nitrogen and oxygen atoms in total. The second kappa shape index (κ2) is 8.47. The quantitative estimate of drug-likeness (QED) is 0.879. The van der Waals surface area contributed by atoms with E-state index in [2.05, 4.69) is 17.1 Å². The van der Waals surface area contributed by atoms with Crippen LogP contribution >= 0.6 is 11.3 Å². The zero-order valence-electron chi connectivity index (χ0n) is 15.3. The van der Waals surface area contributed by atoms with Crippen molar-refractivity contribution in [2.75, 3.05) is 31.5 Å². The fourth-order valence-corrected chi connectivity index (χ4v) is 3.80. The summed E-state index contributed by atoms with van der Waals surface area (Å²) < 4.78 is 0. The molecule has 1 aliphatic rings. The third-order valence-electron chi connectivity index (χ3n) is 4.89. The van der Waals surface area contributed by atoms with Gasteiger partial charge in [0.05, 0.1) is 10.9 Å². The lowest BCUT2D eigenvalue weighted by atomic mass is 10.1. The largest absolute Gasteiger partial charge is 0.335 e. The zero-order chi connectivity index (χ0) is 18.5. The highest BCUT2D eigenvalue weighted by molar-refractivity contribution is 7.12. The molecule has 1 fully saturated rings. The van der Waals surface area contributed by atoms with E-state index in [1.807, 2.05) is 53.6 Å². The Morgan fingerprint density at radius 3 is 2.38 bits per heavy atom. The van der Waals surface area contributed by atoms with Crippen molar-refractivity contribution in [2.24, 2.45) is 0 Å². The van der Waals surface area contributed by atoms with Gasteiger partial charge in [-0.2, -0.15) is 0 Å². The number of nitrogens with zero attached hydrogens (tertiary/aromatic N) is 2. The number of carbonyl (C=O) groups excluding carboxylic acids is 2. The van der Waals surface area contributed by atoms with Gasteiger partial charge in [-0.05, 0) is 42.5 Å². The van der Waals surface area contributed by atoms with Crippen molar-refractivity contribution in [1.82, 2.24) is 9.80 Å². The number of piperazine rings is 1. The predicted octanol–water partition coefficient (Wildman–Crippen LogP) is 3.10. The van der Waals surface area contributed by atoms with Crippen LogP contribution in [0.4, 0.5) is 5.69 Å². The molecule has 0 radical (unpaired) electrons. The molecule has 1 N–H and O–H groups in total. The van der Waals surface area contributed by atoms with Crippen LogP contribution in [-0.4, -0.2) is 53.8 Å². The van der Waals surface area contributed by atoms with Crippen molar-refractivity contribution in [2.45, 2.75) is 26.3 Å². The van der Waals surface area contributed by atoms with E-state index in [0.29, 0.717) is 26.2 Å². The summed E-state index contributed by atoms with van der Waals surface area (Å²) in [5.41, 5.74) is 2.08. The zero-order valence-corrected chi connectivity index (χ0v) is 16.1. The van der Waals surface area contributed by atoms with Crippen molar-refractivity contribution >= 4 is 28.8 Å². The van der Waals surface area contributed by atoms with Gasteiger partial charge in [-0.25, -0.2) is 0 Å². The maximum Gasteiger partial charge on any atom is 0.264 e. The molecule has 1 aromatic carbocycles. The van der Waals surface area contributed by atoms with E-state index in [1.54, 1.807) is 0 Å². The molecule has 0 bridgehead atoms. The van der Waals surface area contributed by atoms with E-state index in [0.717, 1.165) is 17.0 Å². The highest BCUT2D eigenvalue weighted by Gasteiger charge is 2.28. The van der Waals surface area contributed by atoms with Gasteiger partial charge in [-0.3, -0.25) is 14.5 Å². The Bertz CT molecular complexity index is 735. The van der Waals surface area contributed by atoms with Crippen molar-refractivity contribution in [3.05, 3.63) is 52.2 Å². The molecule has 0 saturated carbocycles. The van der Waals surface area contributed by atoms with Gasteiger partial charge < -0.3 is 10.2 Å². The SMILES string of the molecule is CCc1ccc(NC(=O)C(C)N2CCN(C(=O)c3cccs3)CC2)cc1. The van der Waals surface area contributed by atoms with Crippen LogP contribution in [0.2, 0.25) is 0 Å². The normalized spacial score (nSPS) is 16.3. The fourth-order valence-electron chi connectivity index (χ4n) is 3.10. The second-order valence-electron chi connectivity index (χ2n) is 6.52. The Kier molecular flexibility index (Phi) is 6.06. The van der Waals surface area contributed by atoms with E-state index >= 15 is 0 Å². The molecule has 138 valence electrons. The molecular weight excluding hydrogens is 346 g/mol. The Labute approximate surface area is 158 Å². The van der Waals surface area contributed by atoms with Gasteiger partial charge in [0.25, 0.3) is 5.91 Å². The Balaban J connectivity index is 1.51. The maximum absolute atomic E-state index is 12.5.